The molecule has 1 atom stereocenters. The van der Waals surface area contributed by atoms with Crippen LogP contribution in [0.5, 0.6) is 5.75 Å². The highest BCUT2D eigenvalue weighted by molar-refractivity contribution is 9.10. The third-order valence-electron chi connectivity index (χ3n) is 2.54. The summed E-state index contributed by atoms with van der Waals surface area (Å²) >= 11 is 6.94. The van der Waals surface area contributed by atoms with Gasteiger partial charge in [-0.05, 0) is 24.3 Å². The Kier molecular flexibility index (Phi) is 4.80. The molecule has 0 bridgehead atoms. The lowest BCUT2D eigenvalue weighted by Crippen LogP contribution is -2.18. The van der Waals surface area contributed by atoms with Gasteiger partial charge in [-0.25, -0.2) is 0 Å². The molecule has 2 aromatic rings. The first-order chi connectivity index (χ1) is 8.70. The summed E-state index contributed by atoms with van der Waals surface area (Å²) in [6.45, 7) is 0.426. The van der Waals surface area contributed by atoms with Gasteiger partial charge in [0.2, 0.25) is 0 Å². The second-order valence-corrected chi connectivity index (χ2v) is 5.59. The molecular weight excluding hydrogens is 358 g/mol. The summed E-state index contributed by atoms with van der Waals surface area (Å²) in [4.78, 5) is 0. The second kappa shape index (κ2) is 6.36. The minimum absolute atomic E-state index is 0.158. The van der Waals surface area contributed by atoms with Gasteiger partial charge in [0.25, 0.3) is 0 Å². The number of hydrogen-bond donors (Lipinski definition) is 1. The van der Waals surface area contributed by atoms with Gasteiger partial charge in [-0.2, -0.15) is 0 Å². The fourth-order valence-electron chi connectivity index (χ4n) is 1.68. The van der Waals surface area contributed by atoms with Gasteiger partial charge >= 0.3 is 0 Å². The zero-order valence-corrected chi connectivity index (χ0v) is 12.8. The van der Waals surface area contributed by atoms with E-state index in [2.05, 4.69) is 31.9 Å². The van der Waals surface area contributed by atoms with Crippen LogP contribution in [-0.2, 0) is 0 Å². The van der Waals surface area contributed by atoms with Crippen molar-refractivity contribution in [3.05, 3.63) is 63.0 Å². The number of nitrogens with two attached hydrogens (primary N) is 1. The highest BCUT2D eigenvalue weighted by Gasteiger charge is 2.14. The molecular formula is C14H13Br2NO. The van der Waals surface area contributed by atoms with Crippen molar-refractivity contribution in [1.82, 2.24) is 0 Å². The molecule has 0 saturated carbocycles. The molecule has 0 amide bonds. The van der Waals surface area contributed by atoms with Crippen LogP contribution in [-0.4, -0.2) is 6.54 Å². The molecule has 0 aliphatic carbocycles. The molecule has 0 aliphatic heterocycles. The van der Waals surface area contributed by atoms with E-state index >= 15 is 0 Å². The van der Waals surface area contributed by atoms with E-state index in [0.717, 1.165) is 20.3 Å². The lowest BCUT2D eigenvalue weighted by atomic mass is 10.1. The van der Waals surface area contributed by atoms with Gasteiger partial charge in [-0.3, -0.25) is 0 Å². The van der Waals surface area contributed by atoms with Crippen molar-refractivity contribution in [2.45, 2.75) is 6.10 Å². The monoisotopic (exact) mass is 369 g/mol. The van der Waals surface area contributed by atoms with Gasteiger partial charge in [0, 0.05) is 21.1 Å². The van der Waals surface area contributed by atoms with E-state index in [9.17, 15) is 0 Å². The topological polar surface area (TPSA) is 35.2 Å². The largest absolute Gasteiger partial charge is 0.484 e. The Morgan fingerprint density at radius 2 is 1.83 bits per heavy atom. The quantitative estimate of drug-likeness (QED) is 0.871. The lowest BCUT2D eigenvalue weighted by molar-refractivity contribution is 0.213. The summed E-state index contributed by atoms with van der Waals surface area (Å²) in [5.74, 6) is 0.801. The SMILES string of the molecule is NCC(Oc1cccc(Br)c1)c1ccccc1Br. The van der Waals surface area contributed by atoms with Crippen molar-refractivity contribution in [2.75, 3.05) is 6.54 Å². The number of benzene rings is 2. The highest BCUT2D eigenvalue weighted by atomic mass is 79.9. The number of hydrogen-bond acceptors (Lipinski definition) is 2. The van der Waals surface area contributed by atoms with E-state index in [1.54, 1.807) is 0 Å². The van der Waals surface area contributed by atoms with Crippen LogP contribution in [0.15, 0.2) is 57.5 Å². The second-order valence-electron chi connectivity index (χ2n) is 3.82. The molecule has 2 aromatic carbocycles. The molecule has 4 heteroatoms. The summed E-state index contributed by atoms with van der Waals surface area (Å²) in [5, 5.41) is 0. The van der Waals surface area contributed by atoms with E-state index in [-0.39, 0.29) is 6.10 Å². The van der Waals surface area contributed by atoms with Crippen molar-refractivity contribution in [1.29, 1.82) is 0 Å². The zero-order chi connectivity index (χ0) is 13.0. The summed E-state index contributed by atoms with van der Waals surface area (Å²) in [6.07, 6.45) is -0.158. The Hall–Kier alpha value is -0.840. The predicted octanol–water partition coefficient (Wildman–Crippen LogP) is 4.29. The van der Waals surface area contributed by atoms with Crippen molar-refractivity contribution in [2.24, 2.45) is 5.73 Å². The molecule has 0 aromatic heterocycles. The van der Waals surface area contributed by atoms with Crippen molar-refractivity contribution in [3.8, 4) is 5.75 Å². The summed E-state index contributed by atoms with van der Waals surface area (Å²) in [7, 11) is 0. The molecule has 2 N–H and O–H groups in total. The van der Waals surface area contributed by atoms with Gasteiger partial charge in [-0.15, -0.1) is 0 Å². The molecule has 2 nitrogen and oxygen atoms in total. The minimum Gasteiger partial charge on any atom is -0.484 e. The third kappa shape index (κ3) is 3.34. The Morgan fingerprint density at radius 1 is 1.06 bits per heavy atom. The zero-order valence-electron chi connectivity index (χ0n) is 9.64. The Balaban J connectivity index is 2.23. The maximum absolute atomic E-state index is 5.93. The molecule has 94 valence electrons. The van der Waals surface area contributed by atoms with E-state index in [1.165, 1.54) is 0 Å². The summed E-state index contributed by atoms with van der Waals surface area (Å²) in [5.41, 5.74) is 6.86. The number of ether oxygens (including phenoxy) is 1. The van der Waals surface area contributed by atoms with Gasteiger partial charge in [0.05, 0.1) is 0 Å². The van der Waals surface area contributed by atoms with Gasteiger partial charge in [-0.1, -0.05) is 56.1 Å². The molecule has 1 unspecified atom stereocenters. The maximum atomic E-state index is 5.93. The Bertz CT molecular complexity index is 531. The van der Waals surface area contributed by atoms with E-state index in [1.807, 2.05) is 48.5 Å². The number of rotatable bonds is 4. The normalized spacial score (nSPS) is 12.2. The molecule has 0 heterocycles. The van der Waals surface area contributed by atoms with Crippen LogP contribution in [0.3, 0.4) is 0 Å². The molecule has 0 fully saturated rings. The van der Waals surface area contributed by atoms with Crippen molar-refractivity contribution >= 4 is 31.9 Å². The first-order valence-electron chi connectivity index (χ1n) is 5.57. The van der Waals surface area contributed by atoms with Crippen LogP contribution in [0, 0.1) is 0 Å². The molecule has 2 rings (SSSR count). The number of halogens is 2. The fraction of sp³-hybridized carbons (Fsp3) is 0.143. The third-order valence-corrected chi connectivity index (χ3v) is 3.76. The molecule has 0 spiro atoms. The average molecular weight is 371 g/mol. The van der Waals surface area contributed by atoms with Gasteiger partial charge in [0.1, 0.15) is 11.9 Å². The maximum Gasteiger partial charge on any atom is 0.137 e. The first kappa shape index (κ1) is 13.6. The van der Waals surface area contributed by atoms with E-state index < -0.39 is 0 Å². The lowest BCUT2D eigenvalue weighted by Gasteiger charge is -2.19. The van der Waals surface area contributed by atoms with Crippen LogP contribution >= 0.6 is 31.9 Å². The van der Waals surface area contributed by atoms with Crippen LogP contribution in [0.1, 0.15) is 11.7 Å². The van der Waals surface area contributed by atoms with Crippen LogP contribution in [0.25, 0.3) is 0 Å². The minimum atomic E-state index is -0.158. The van der Waals surface area contributed by atoms with Crippen LogP contribution in [0.2, 0.25) is 0 Å². The smallest absolute Gasteiger partial charge is 0.137 e. The standard InChI is InChI=1S/C14H13Br2NO/c15-10-4-3-5-11(8-10)18-14(9-17)12-6-1-2-7-13(12)16/h1-8,14H,9,17H2. The highest BCUT2D eigenvalue weighted by Crippen LogP contribution is 2.28. The van der Waals surface area contributed by atoms with Crippen LogP contribution in [0.4, 0.5) is 0 Å². The Morgan fingerprint density at radius 3 is 2.50 bits per heavy atom. The van der Waals surface area contributed by atoms with E-state index in [0.29, 0.717) is 6.54 Å². The Labute approximate surface area is 123 Å². The summed E-state index contributed by atoms with van der Waals surface area (Å²) < 4.78 is 7.92. The molecule has 0 saturated heterocycles. The first-order valence-corrected chi connectivity index (χ1v) is 7.16. The van der Waals surface area contributed by atoms with Crippen molar-refractivity contribution in [3.63, 3.8) is 0 Å². The predicted molar refractivity (Wildman–Crippen MR) is 80.7 cm³/mol. The van der Waals surface area contributed by atoms with Gasteiger partial charge < -0.3 is 10.5 Å². The van der Waals surface area contributed by atoms with E-state index in [4.69, 9.17) is 10.5 Å². The summed E-state index contributed by atoms with van der Waals surface area (Å²) in [6, 6.07) is 15.7. The molecule has 18 heavy (non-hydrogen) atoms. The van der Waals surface area contributed by atoms with Crippen molar-refractivity contribution < 1.29 is 4.74 Å². The molecule has 0 radical (unpaired) electrons. The van der Waals surface area contributed by atoms with Gasteiger partial charge in [0.15, 0.2) is 0 Å². The average Bonchev–Trinajstić information content (AvgIpc) is 2.37. The molecule has 0 aliphatic rings. The fourth-order valence-corrected chi connectivity index (χ4v) is 2.60. The van der Waals surface area contributed by atoms with Crippen LogP contribution < -0.4 is 10.5 Å².